The van der Waals surface area contributed by atoms with Crippen LogP contribution in [0.2, 0.25) is 0 Å². The predicted molar refractivity (Wildman–Crippen MR) is 98.0 cm³/mol. The maximum absolute atomic E-state index is 6.03. The van der Waals surface area contributed by atoms with E-state index in [0.717, 1.165) is 48.7 Å². The van der Waals surface area contributed by atoms with Crippen molar-refractivity contribution >= 4 is 16.9 Å². The third-order valence-corrected chi connectivity index (χ3v) is 5.15. The molecule has 138 valence electrons. The molecule has 9 heteroatoms. The summed E-state index contributed by atoms with van der Waals surface area (Å²) in [7, 11) is 0. The van der Waals surface area contributed by atoms with Crippen molar-refractivity contribution in [1.82, 2.24) is 30.6 Å². The first-order valence-corrected chi connectivity index (χ1v) is 9.09. The Bertz CT molecular complexity index is 880. The Morgan fingerprint density at radius 3 is 2.77 bits per heavy atom. The molecule has 0 aliphatic heterocycles. The van der Waals surface area contributed by atoms with E-state index < -0.39 is 0 Å². The summed E-state index contributed by atoms with van der Waals surface area (Å²) in [5, 5.41) is 11.2. The number of aromatic nitrogens is 5. The average Bonchev–Trinajstić information content (AvgIpc) is 3.26. The number of hydrogen-bond donors (Lipinski definition) is 4. The average molecular weight is 356 g/mol. The van der Waals surface area contributed by atoms with Gasteiger partial charge in [-0.1, -0.05) is 6.92 Å². The highest BCUT2D eigenvalue weighted by Crippen LogP contribution is 2.29. The Morgan fingerprint density at radius 2 is 2.08 bits per heavy atom. The molecule has 0 radical (unpaired) electrons. The summed E-state index contributed by atoms with van der Waals surface area (Å²) in [6, 6.07) is 0.993. The van der Waals surface area contributed by atoms with Crippen LogP contribution in [-0.4, -0.2) is 37.3 Å². The van der Waals surface area contributed by atoms with Crippen LogP contribution in [0.25, 0.3) is 22.6 Å². The molecule has 1 aliphatic carbocycles. The Morgan fingerprint density at radius 1 is 1.27 bits per heavy atom. The highest BCUT2D eigenvalue weighted by atomic mass is 16.6. The first kappa shape index (κ1) is 16.9. The highest BCUT2D eigenvalue weighted by molar-refractivity contribution is 5.82. The summed E-state index contributed by atoms with van der Waals surface area (Å²) in [4.78, 5) is 12.3. The van der Waals surface area contributed by atoms with Crippen LogP contribution < -0.4 is 16.8 Å². The van der Waals surface area contributed by atoms with Crippen molar-refractivity contribution in [3.8, 4) is 11.5 Å². The molecule has 3 heterocycles. The van der Waals surface area contributed by atoms with E-state index in [1.165, 1.54) is 0 Å². The third-order valence-electron chi connectivity index (χ3n) is 5.15. The minimum absolute atomic E-state index is 0.175. The van der Waals surface area contributed by atoms with Gasteiger partial charge in [0.25, 0.3) is 0 Å². The van der Waals surface area contributed by atoms with Gasteiger partial charge in [0.1, 0.15) is 0 Å². The normalized spacial score (nSPS) is 21.9. The first-order valence-electron chi connectivity index (χ1n) is 9.09. The Kier molecular flexibility index (Phi) is 4.56. The van der Waals surface area contributed by atoms with Crippen molar-refractivity contribution < 1.29 is 4.63 Å². The van der Waals surface area contributed by atoms with Crippen molar-refractivity contribution in [1.29, 1.82) is 0 Å². The minimum atomic E-state index is 0.175. The maximum Gasteiger partial charge on any atom is 0.199 e. The standard InChI is InChI=1S/C17H24N8O/c1-2-12(21-10-5-3-9(18)4-6-10)11-7-20-8-13-14(11)23-17(22-13)15-16(19)25-26-24-15/h7-10,12,21H,2-6,18H2,1H3,(H2,19,25)(H,22,23). The summed E-state index contributed by atoms with van der Waals surface area (Å²) < 4.78 is 4.68. The van der Waals surface area contributed by atoms with Gasteiger partial charge in [0, 0.05) is 29.9 Å². The summed E-state index contributed by atoms with van der Waals surface area (Å²) in [6.07, 6.45) is 8.93. The smallest absolute Gasteiger partial charge is 0.199 e. The number of pyridine rings is 1. The second-order valence-electron chi connectivity index (χ2n) is 6.95. The van der Waals surface area contributed by atoms with Crippen molar-refractivity contribution in [3.05, 3.63) is 18.0 Å². The predicted octanol–water partition coefficient (Wildman–Crippen LogP) is 1.90. The number of fused-ring (bicyclic) bond motifs is 1. The van der Waals surface area contributed by atoms with Gasteiger partial charge in [-0.05, 0) is 42.4 Å². The van der Waals surface area contributed by atoms with E-state index >= 15 is 0 Å². The van der Waals surface area contributed by atoms with Crippen LogP contribution in [0.5, 0.6) is 0 Å². The molecular formula is C17H24N8O. The van der Waals surface area contributed by atoms with E-state index in [1.54, 1.807) is 6.20 Å². The number of nitrogens with two attached hydrogens (primary N) is 2. The lowest BCUT2D eigenvalue weighted by Crippen LogP contribution is -2.39. The number of imidazole rings is 1. The van der Waals surface area contributed by atoms with Gasteiger partial charge in [0.05, 0.1) is 17.2 Å². The summed E-state index contributed by atoms with van der Waals surface area (Å²) in [5.41, 5.74) is 15.0. The lowest BCUT2D eigenvalue weighted by atomic mass is 9.90. The molecule has 0 saturated heterocycles. The number of aromatic amines is 1. The van der Waals surface area contributed by atoms with E-state index in [2.05, 4.69) is 37.2 Å². The summed E-state index contributed by atoms with van der Waals surface area (Å²) in [6.45, 7) is 2.16. The van der Waals surface area contributed by atoms with E-state index in [9.17, 15) is 0 Å². The Balaban J connectivity index is 1.64. The first-order chi connectivity index (χ1) is 12.7. The number of nitrogens with one attached hydrogen (secondary N) is 2. The monoisotopic (exact) mass is 356 g/mol. The molecule has 6 N–H and O–H groups in total. The molecule has 4 rings (SSSR count). The third kappa shape index (κ3) is 3.15. The van der Waals surface area contributed by atoms with Gasteiger partial charge < -0.3 is 21.8 Å². The van der Waals surface area contributed by atoms with Crippen molar-refractivity contribution in [2.75, 3.05) is 5.73 Å². The van der Waals surface area contributed by atoms with Crippen molar-refractivity contribution in [3.63, 3.8) is 0 Å². The van der Waals surface area contributed by atoms with Gasteiger partial charge in [-0.3, -0.25) is 4.98 Å². The molecule has 26 heavy (non-hydrogen) atoms. The van der Waals surface area contributed by atoms with E-state index in [0.29, 0.717) is 23.6 Å². The number of hydrogen-bond acceptors (Lipinski definition) is 8. The van der Waals surface area contributed by atoms with Gasteiger partial charge in [0.2, 0.25) is 0 Å². The van der Waals surface area contributed by atoms with Crippen LogP contribution in [0.4, 0.5) is 5.82 Å². The van der Waals surface area contributed by atoms with Gasteiger partial charge >= 0.3 is 0 Å². The zero-order valence-electron chi connectivity index (χ0n) is 14.8. The molecule has 1 saturated carbocycles. The molecule has 3 aromatic heterocycles. The molecule has 1 aliphatic rings. The van der Waals surface area contributed by atoms with Crippen LogP contribution in [-0.2, 0) is 0 Å². The van der Waals surface area contributed by atoms with Crippen molar-refractivity contribution in [2.45, 2.75) is 57.2 Å². The van der Waals surface area contributed by atoms with Gasteiger partial charge in [-0.2, -0.15) is 0 Å². The van der Waals surface area contributed by atoms with Crippen LogP contribution in [0, 0.1) is 0 Å². The van der Waals surface area contributed by atoms with Crippen LogP contribution in [0.1, 0.15) is 50.6 Å². The highest BCUT2D eigenvalue weighted by Gasteiger charge is 2.24. The number of nitrogens with zero attached hydrogens (tertiary/aromatic N) is 4. The number of H-pyrrole nitrogens is 1. The molecule has 0 amide bonds. The van der Waals surface area contributed by atoms with Gasteiger partial charge in [0.15, 0.2) is 17.3 Å². The van der Waals surface area contributed by atoms with Crippen LogP contribution in [0.3, 0.4) is 0 Å². The molecule has 1 unspecified atom stereocenters. The largest absolute Gasteiger partial charge is 0.379 e. The van der Waals surface area contributed by atoms with Crippen LogP contribution >= 0.6 is 0 Å². The maximum atomic E-state index is 6.03. The number of rotatable bonds is 5. The van der Waals surface area contributed by atoms with E-state index in [1.807, 2.05) is 6.20 Å². The zero-order valence-corrected chi connectivity index (χ0v) is 14.8. The van der Waals surface area contributed by atoms with Crippen LogP contribution in [0.15, 0.2) is 17.0 Å². The fraction of sp³-hybridized carbons (Fsp3) is 0.529. The quantitative estimate of drug-likeness (QED) is 0.542. The molecule has 0 spiro atoms. The van der Waals surface area contributed by atoms with E-state index in [-0.39, 0.29) is 11.9 Å². The number of nitrogen functional groups attached to an aromatic ring is 1. The second-order valence-corrected chi connectivity index (χ2v) is 6.95. The van der Waals surface area contributed by atoms with Crippen molar-refractivity contribution in [2.24, 2.45) is 5.73 Å². The molecule has 3 aromatic rings. The zero-order chi connectivity index (χ0) is 18.1. The molecule has 0 aromatic carbocycles. The molecule has 9 nitrogen and oxygen atoms in total. The van der Waals surface area contributed by atoms with E-state index in [4.69, 9.17) is 16.5 Å². The van der Waals surface area contributed by atoms with Gasteiger partial charge in [-0.25, -0.2) is 9.61 Å². The SMILES string of the molecule is CCC(NC1CCC(N)CC1)c1cncc2[nH]c(-c3nonc3N)nc12. The fourth-order valence-corrected chi connectivity index (χ4v) is 3.68. The lowest BCUT2D eigenvalue weighted by molar-refractivity contribution is 0.310. The number of anilines is 1. The fourth-order valence-electron chi connectivity index (χ4n) is 3.68. The topological polar surface area (TPSA) is 145 Å². The molecular weight excluding hydrogens is 332 g/mol. The summed E-state index contributed by atoms with van der Waals surface area (Å²) >= 11 is 0. The molecule has 1 atom stereocenters. The lowest BCUT2D eigenvalue weighted by Gasteiger charge is -2.30. The molecule has 1 fully saturated rings. The van der Waals surface area contributed by atoms with Gasteiger partial charge in [-0.15, -0.1) is 0 Å². The second kappa shape index (κ2) is 7.00. The summed E-state index contributed by atoms with van der Waals surface area (Å²) in [5.74, 6) is 0.744. The molecule has 0 bridgehead atoms. The minimum Gasteiger partial charge on any atom is -0.379 e. The Hall–Kier alpha value is -2.52. The Labute approximate surface area is 150 Å².